The van der Waals surface area contributed by atoms with E-state index in [0.29, 0.717) is 5.75 Å². The first-order valence-corrected chi connectivity index (χ1v) is 3.97. The highest BCUT2D eigenvalue weighted by molar-refractivity contribution is 8.02. The number of hydrogen-bond acceptors (Lipinski definition) is 4. The van der Waals surface area contributed by atoms with Crippen molar-refractivity contribution in [2.45, 2.75) is 20.1 Å². The summed E-state index contributed by atoms with van der Waals surface area (Å²) >= 11 is 1.56. The van der Waals surface area contributed by atoms with Crippen LogP contribution in [0.2, 0.25) is 0 Å². The Morgan fingerprint density at radius 3 is 3.00 bits per heavy atom. The Kier molecular flexibility index (Phi) is 2.56. The van der Waals surface area contributed by atoms with Gasteiger partial charge in [0, 0.05) is 6.92 Å². The van der Waals surface area contributed by atoms with E-state index in [-0.39, 0.29) is 12.3 Å². The minimum absolute atomic E-state index is 0.291. The van der Waals surface area contributed by atoms with Gasteiger partial charge in [0.1, 0.15) is 0 Å². The van der Waals surface area contributed by atoms with Gasteiger partial charge in [-0.1, -0.05) is 0 Å². The predicted octanol–water partition coefficient (Wildman–Crippen LogP) is 1.15. The molecule has 0 saturated carbocycles. The molecule has 0 aromatic carbocycles. The highest BCUT2D eigenvalue weighted by Gasteiger charge is 2.25. The molecule has 10 heavy (non-hydrogen) atoms. The monoisotopic (exact) mass is 161 g/mol. The first-order valence-electron chi connectivity index (χ1n) is 2.98. The lowest BCUT2D eigenvalue weighted by atomic mass is 10.7. The van der Waals surface area contributed by atoms with Crippen LogP contribution in [0.4, 0.5) is 0 Å². The van der Waals surface area contributed by atoms with Gasteiger partial charge < -0.3 is 9.47 Å². The van der Waals surface area contributed by atoms with Crippen molar-refractivity contribution in [1.82, 2.24) is 0 Å². The second kappa shape index (κ2) is 3.25. The van der Waals surface area contributed by atoms with Crippen LogP contribution in [0.3, 0.4) is 0 Å². The molecule has 0 aromatic heterocycles. The van der Waals surface area contributed by atoms with E-state index in [0.717, 1.165) is 5.44 Å². The van der Waals surface area contributed by atoms with Gasteiger partial charge in [-0.15, -0.1) is 11.8 Å². The standard InChI is InChI=1S/C6H9O3S/c1-4(7)8-6-3-10-5(2)9-6/h6H,3H2,1-2H3. The Morgan fingerprint density at radius 2 is 2.60 bits per heavy atom. The van der Waals surface area contributed by atoms with Crippen LogP contribution in [0.15, 0.2) is 0 Å². The second-order valence-corrected chi connectivity index (χ2v) is 3.16. The SMILES string of the molecule is C[C]1OC(OC(C)=O)CS1. The highest BCUT2D eigenvalue weighted by atomic mass is 32.2. The lowest BCUT2D eigenvalue weighted by Gasteiger charge is -2.07. The van der Waals surface area contributed by atoms with Gasteiger partial charge in [-0.2, -0.15) is 0 Å². The van der Waals surface area contributed by atoms with Gasteiger partial charge in [0.2, 0.25) is 6.29 Å². The van der Waals surface area contributed by atoms with Crippen molar-refractivity contribution in [2.24, 2.45) is 0 Å². The maximum Gasteiger partial charge on any atom is 0.304 e. The number of carbonyl (C=O) groups excluding carboxylic acids is 1. The van der Waals surface area contributed by atoms with Crippen LogP contribution in [0, 0.1) is 5.44 Å². The van der Waals surface area contributed by atoms with Crippen LogP contribution in [-0.2, 0) is 14.3 Å². The molecule has 1 atom stereocenters. The molecule has 0 aromatic rings. The summed E-state index contributed by atoms with van der Waals surface area (Å²) in [6.45, 7) is 3.23. The summed E-state index contributed by atoms with van der Waals surface area (Å²) in [5, 5.41) is 0. The molecule has 1 rings (SSSR count). The first kappa shape index (κ1) is 7.88. The fourth-order valence-electron chi connectivity index (χ4n) is 0.682. The number of carbonyl (C=O) groups is 1. The van der Waals surface area contributed by atoms with Crippen molar-refractivity contribution in [3.05, 3.63) is 5.44 Å². The van der Waals surface area contributed by atoms with Crippen molar-refractivity contribution in [2.75, 3.05) is 5.75 Å². The lowest BCUT2D eigenvalue weighted by molar-refractivity contribution is -0.164. The quantitative estimate of drug-likeness (QED) is 0.540. The summed E-state index contributed by atoms with van der Waals surface area (Å²) in [6, 6.07) is 0. The molecule has 0 aliphatic carbocycles. The molecule has 1 aliphatic heterocycles. The number of esters is 1. The Hall–Kier alpha value is -0.220. The third-order valence-electron chi connectivity index (χ3n) is 1.02. The van der Waals surface area contributed by atoms with Crippen molar-refractivity contribution in [1.29, 1.82) is 0 Å². The van der Waals surface area contributed by atoms with Crippen molar-refractivity contribution >= 4 is 17.7 Å². The summed E-state index contributed by atoms with van der Waals surface area (Å²) in [6.07, 6.45) is -0.359. The number of hydrogen-bond donors (Lipinski definition) is 0. The second-order valence-electron chi connectivity index (χ2n) is 1.96. The average Bonchev–Trinajstić information content (AvgIpc) is 2.13. The fourth-order valence-corrected chi connectivity index (χ4v) is 1.36. The van der Waals surface area contributed by atoms with Crippen LogP contribution in [0.1, 0.15) is 13.8 Å². The zero-order chi connectivity index (χ0) is 7.56. The summed E-state index contributed by atoms with van der Waals surface area (Å²) in [7, 11) is 0. The zero-order valence-corrected chi connectivity index (χ0v) is 6.73. The Morgan fingerprint density at radius 1 is 1.90 bits per heavy atom. The summed E-state index contributed by atoms with van der Waals surface area (Å²) in [4.78, 5) is 10.4. The van der Waals surface area contributed by atoms with Crippen molar-refractivity contribution in [3.8, 4) is 0 Å². The molecule has 0 N–H and O–H groups in total. The summed E-state index contributed by atoms with van der Waals surface area (Å²) in [5.41, 5.74) is 0.867. The van der Waals surface area contributed by atoms with Gasteiger partial charge in [-0.3, -0.25) is 4.79 Å². The van der Waals surface area contributed by atoms with E-state index in [1.54, 1.807) is 11.8 Å². The minimum atomic E-state index is -0.359. The van der Waals surface area contributed by atoms with Gasteiger partial charge >= 0.3 is 5.97 Å². The van der Waals surface area contributed by atoms with E-state index in [1.165, 1.54) is 6.92 Å². The van der Waals surface area contributed by atoms with Crippen molar-refractivity contribution < 1.29 is 14.3 Å². The van der Waals surface area contributed by atoms with Crippen molar-refractivity contribution in [3.63, 3.8) is 0 Å². The van der Waals surface area contributed by atoms with E-state index in [9.17, 15) is 4.79 Å². The summed E-state index contributed by atoms with van der Waals surface area (Å²) < 4.78 is 9.89. The third kappa shape index (κ3) is 2.19. The Labute approximate surface area is 64.1 Å². The lowest BCUT2D eigenvalue weighted by Crippen LogP contribution is -2.16. The van der Waals surface area contributed by atoms with E-state index < -0.39 is 0 Å². The molecule has 0 bridgehead atoms. The number of thioether (sulfide) groups is 1. The van der Waals surface area contributed by atoms with E-state index in [4.69, 9.17) is 9.47 Å². The maximum absolute atomic E-state index is 10.4. The molecule has 0 spiro atoms. The van der Waals surface area contributed by atoms with Gasteiger partial charge in [0.25, 0.3) is 0 Å². The van der Waals surface area contributed by atoms with Gasteiger partial charge in [0.05, 0.1) is 5.75 Å². The first-order chi connectivity index (χ1) is 4.68. The zero-order valence-electron chi connectivity index (χ0n) is 5.92. The van der Waals surface area contributed by atoms with E-state index >= 15 is 0 Å². The van der Waals surface area contributed by atoms with Crippen LogP contribution >= 0.6 is 11.8 Å². The number of ether oxygens (including phenoxy) is 2. The van der Waals surface area contributed by atoms with Crippen LogP contribution in [0.25, 0.3) is 0 Å². The molecule has 0 amide bonds. The van der Waals surface area contributed by atoms with Gasteiger partial charge in [0.15, 0.2) is 5.44 Å². The van der Waals surface area contributed by atoms with Crippen LogP contribution in [-0.4, -0.2) is 18.0 Å². The Balaban J connectivity index is 2.24. The third-order valence-corrected chi connectivity index (χ3v) is 1.96. The van der Waals surface area contributed by atoms with E-state index in [1.807, 2.05) is 6.92 Å². The molecule has 4 heteroatoms. The molecule has 1 unspecified atom stereocenters. The molecular weight excluding hydrogens is 152 g/mol. The van der Waals surface area contributed by atoms with Gasteiger partial charge in [-0.25, -0.2) is 0 Å². The molecule has 1 aliphatic rings. The topological polar surface area (TPSA) is 35.5 Å². The predicted molar refractivity (Wildman–Crippen MR) is 38.0 cm³/mol. The normalized spacial score (nSPS) is 26.8. The van der Waals surface area contributed by atoms with Gasteiger partial charge in [-0.05, 0) is 6.92 Å². The number of rotatable bonds is 1. The molecule has 57 valence electrons. The molecule has 3 nitrogen and oxygen atoms in total. The van der Waals surface area contributed by atoms with Crippen LogP contribution in [0.5, 0.6) is 0 Å². The molecule has 1 heterocycles. The van der Waals surface area contributed by atoms with E-state index in [2.05, 4.69) is 0 Å². The molecular formula is C6H9O3S. The fraction of sp³-hybridized carbons (Fsp3) is 0.667. The smallest absolute Gasteiger partial charge is 0.304 e. The summed E-state index contributed by atoms with van der Waals surface area (Å²) in [5.74, 6) is 0.422. The largest absolute Gasteiger partial charge is 0.435 e. The highest BCUT2D eigenvalue weighted by Crippen LogP contribution is 2.31. The minimum Gasteiger partial charge on any atom is -0.435 e. The average molecular weight is 161 g/mol. The maximum atomic E-state index is 10.4. The molecule has 1 fully saturated rings. The molecule has 1 radical (unpaired) electrons. The Bertz CT molecular complexity index is 137. The van der Waals surface area contributed by atoms with Crippen LogP contribution < -0.4 is 0 Å². The molecule has 1 saturated heterocycles.